The molecule has 2 aromatic heterocycles. The van der Waals surface area contributed by atoms with Crippen LogP contribution in [0.2, 0.25) is 0 Å². The highest BCUT2D eigenvalue weighted by atomic mass is 15.0. The summed E-state index contributed by atoms with van der Waals surface area (Å²) in [7, 11) is 0. The first kappa shape index (κ1) is 26.5. The number of allylic oxidation sites excluding steroid dienone is 5. The lowest BCUT2D eigenvalue weighted by Crippen LogP contribution is -2.05. The summed E-state index contributed by atoms with van der Waals surface area (Å²) in [6, 6.07) is 41.3. The second kappa shape index (κ2) is 10.6. The molecule has 0 atom stereocenters. The van der Waals surface area contributed by atoms with Crippen LogP contribution in [-0.2, 0) is 6.42 Å². The Bertz CT molecular complexity index is 2470. The number of benzene rings is 5. The van der Waals surface area contributed by atoms with Gasteiger partial charge in [-0.15, -0.1) is 0 Å². The van der Waals surface area contributed by atoms with Crippen molar-refractivity contribution in [3.8, 4) is 34.0 Å². The Labute approximate surface area is 268 Å². The van der Waals surface area contributed by atoms with E-state index in [0.29, 0.717) is 5.56 Å². The van der Waals surface area contributed by atoms with Crippen LogP contribution in [0.5, 0.6) is 0 Å². The fraction of sp³-hybridized carbons (Fsp3) is 0.0930. The van der Waals surface area contributed by atoms with Crippen LogP contribution >= 0.6 is 0 Å². The van der Waals surface area contributed by atoms with Gasteiger partial charge in [-0.25, -0.2) is 0 Å². The Balaban J connectivity index is 1.27. The van der Waals surface area contributed by atoms with Crippen molar-refractivity contribution in [1.82, 2.24) is 9.13 Å². The summed E-state index contributed by atoms with van der Waals surface area (Å²) in [4.78, 5) is 0. The first-order chi connectivity index (χ1) is 22.8. The molecule has 0 aliphatic heterocycles. The van der Waals surface area contributed by atoms with Crippen molar-refractivity contribution in [2.75, 3.05) is 0 Å². The number of aromatic nitrogens is 2. The minimum atomic E-state index is 0.663. The molecular weight excluding hydrogens is 558 g/mol. The van der Waals surface area contributed by atoms with Crippen LogP contribution in [0.3, 0.4) is 0 Å². The minimum absolute atomic E-state index is 0.663. The van der Waals surface area contributed by atoms with Crippen LogP contribution in [0, 0.1) is 11.3 Å². The number of fused-ring (bicyclic) bond motifs is 6. The number of hydrogen-bond donors (Lipinski definition) is 0. The third-order valence-electron chi connectivity index (χ3n) is 9.63. The van der Waals surface area contributed by atoms with Gasteiger partial charge in [-0.05, 0) is 90.9 Å². The molecule has 7 aromatic rings. The first-order valence-electron chi connectivity index (χ1n) is 16.1. The van der Waals surface area contributed by atoms with Crippen molar-refractivity contribution >= 4 is 44.5 Å². The standard InChI is InChI=1S/C43H31N3/c44-28-29-23-25-33(26-24-29)45-40-21-7-5-16-38(40)42-34(17-10-22-41(42)45)30-11-8-12-31(27-30)35-18-9-19-37-36-15-4-6-20-39(36)46(43(35)37)32-13-2-1-3-14-32/h2,4-5,7-19,21-27H,1,3,6,20H2. The molecule has 2 aliphatic carbocycles. The highest BCUT2D eigenvalue weighted by molar-refractivity contribution is 6.16. The first-order valence-corrected chi connectivity index (χ1v) is 16.1. The predicted octanol–water partition coefficient (Wildman–Crippen LogP) is 11.1. The maximum Gasteiger partial charge on any atom is 0.0991 e. The molecule has 0 fully saturated rings. The van der Waals surface area contributed by atoms with Crippen LogP contribution in [0.1, 0.15) is 36.1 Å². The molecule has 5 aromatic carbocycles. The Hall–Kier alpha value is -5.85. The third-order valence-corrected chi connectivity index (χ3v) is 9.63. The Kier molecular flexibility index (Phi) is 6.14. The van der Waals surface area contributed by atoms with Crippen LogP contribution in [0.15, 0.2) is 133 Å². The third kappa shape index (κ3) is 4.04. The van der Waals surface area contributed by atoms with E-state index >= 15 is 0 Å². The molecule has 9 rings (SSSR count). The molecule has 46 heavy (non-hydrogen) atoms. The highest BCUT2D eigenvalue weighted by Gasteiger charge is 2.22. The molecule has 218 valence electrons. The number of para-hydroxylation sites is 2. The van der Waals surface area contributed by atoms with Crippen molar-refractivity contribution in [2.24, 2.45) is 0 Å². The quantitative estimate of drug-likeness (QED) is 0.201. The smallest absolute Gasteiger partial charge is 0.0991 e. The monoisotopic (exact) mass is 589 g/mol. The van der Waals surface area contributed by atoms with Crippen molar-refractivity contribution in [3.63, 3.8) is 0 Å². The van der Waals surface area contributed by atoms with Crippen molar-refractivity contribution in [3.05, 3.63) is 150 Å². The SMILES string of the molecule is N#Cc1ccc(-n2c3ccccc3c3c(-c4cccc(-c5cccc6c7c(n(C8=CCCC=C8)c56)CCC=C7)c4)cccc32)cc1. The molecule has 0 N–H and O–H groups in total. The van der Waals surface area contributed by atoms with E-state index in [-0.39, 0.29) is 0 Å². The molecule has 0 saturated heterocycles. The van der Waals surface area contributed by atoms with E-state index in [4.69, 9.17) is 0 Å². The fourth-order valence-corrected chi connectivity index (χ4v) is 7.63. The summed E-state index contributed by atoms with van der Waals surface area (Å²) in [5.74, 6) is 0. The fourth-order valence-electron chi connectivity index (χ4n) is 7.63. The van der Waals surface area contributed by atoms with Gasteiger partial charge in [0, 0.05) is 44.4 Å². The summed E-state index contributed by atoms with van der Waals surface area (Å²) in [6.07, 6.45) is 16.0. The van der Waals surface area contributed by atoms with Gasteiger partial charge in [-0.3, -0.25) is 0 Å². The van der Waals surface area contributed by atoms with Gasteiger partial charge in [0.2, 0.25) is 0 Å². The van der Waals surface area contributed by atoms with Crippen LogP contribution in [0.4, 0.5) is 0 Å². The molecule has 0 amide bonds. The second-order valence-corrected chi connectivity index (χ2v) is 12.2. The van der Waals surface area contributed by atoms with E-state index in [9.17, 15) is 5.26 Å². The highest BCUT2D eigenvalue weighted by Crippen LogP contribution is 2.42. The topological polar surface area (TPSA) is 33.6 Å². The summed E-state index contributed by atoms with van der Waals surface area (Å²) >= 11 is 0. The molecule has 2 heterocycles. The molecular formula is C43H31N3. The largest absolute Gasteiger partial charge is 0.313 e. The lowest BCUT2D eigenvalue weighted by Gasteiger charge is -2.18. The predicted molar refractivity (Wildman–Crippen MR) is 192 cm³/mol. The number of nitriles is 1. The van der Waals surface area contributed by atoms with Gasteiger partial charge >= 0.3 is 0 Å². The molecule has 3 nitrogen and oxygen atoms in total. The van der Waals surface area contributed by atoms with E-state index in [1.54, 1.807) is 0 Å². The van der Waals surface area contributed by atoms with Crippen LogP contribution in [-0.4, -0.2) is 9.13 Å². The normalized spacial score (nSPS) is 14.1. The Morgan fingerprint density at radius 2 is 1.35 bits per heavy atom. The lowest BCUT2D eigenvalue weighted by atomic mass is 9.94. The summed E-state index contributed by atoms with van der Waals surface area (Å²) in [5, 5.41) is 13.2. The van der Waals surface area contributed by atoms with E-state index < -0.39 is 0 Å². The average molecular weight is 590 g/mol. The summed E-state index contributed by atoms with van der Waals surface area (Å²) in [6.45, 7) is 0. The van der Waals surface area contributed by atoms with E-state index in [0.717, 1.165) is 42.4 Å². The van der Waals surface area contributed by atoms with Gasteiger partial charge in [0.1, 0.15) is 0 Å². The van der Waals surface area contributed by atoms with E-state index in [1.807, 2.05) is 24.3 Å². The Morgan fingerprint density at radius 3 is 2.20 bits per heavy atom. The maximum atomic E-state index is 9.39. The van der Waals surface area contributed by atoms with Crippen molar-refractivity contribution in [2.45, 2.75) is 25.7 Å². The van der Waals surface area contributed by atoms with Gasteiger partial charge in [-0.1, -0.05) is 91.0 Å². The zero-order valence-electron chi connectivity index (χ0n) is 25.4. The molecule has 0 unspecified atom stereocenters. The van der Waals surface area contributed by atoms with Gasteiger partial charge in [0.25, 0.3) is 0 Å². The summed E-state index contributed by atoms with van der Waals surface area (Å²) < 4.78 is 4.86. The zero-order valence-corrected chi connectivity index (χ0v) is 25.4. The van der Waals surface area contributed by atoms with Gasteiger partial charge in [0.15, 0.2) is 0 Å². The Morgan fingerprint density at radius 1 is 0.609 bits per heavy atom. The zero-order chi connectivity index (χ0) is 30.6. The van der Waals surface area contributed by atoms with Crippen molar-refractivity contribution in [1.29, 1.82) is 5.26 Å². The van der Waals surface area contributed by atoms with Gasteiger partial charge < -0.3 is 9.13 Å². The van der Waals surface area contributed by atoms with Gasteiger partial charge in [-0.2, -0.15) is 5.26 Å². The number of hydrogen-bond acceptors (Lipinski definition) is 1. The molecule has 0 spiro atoms. The van der Waals surface area contributed by atoms with Gasteiger partial charge in [0.05, 0.1) is 28.2 Å². The average Bonchev–Trinajstić information content (AvgIpc) is 3.65. The number of rotatable bonds is 4. The van der Waals surface area contributed by atoms with E-state index in [2.05, 4.69) is 131 Å². The van der Waals surface area contributed by atoms with Crippen molar-refractivity contribution < 1.29 is 0 Å². The maximum absolute atomic E-state index is 9.39. The molecule has 0 saturated carbocycles. The molecule has 0 radical (unpaired) electrons. The van der Waals surface area contributed by atoms with Crippen LogP contribution < -0.4 is 0 Å². The molecule has 0 bridgehead atoms. The van der Waals surface area contributed by atoms with Crippen LogP contribution in [0.25, 0.3) is 72.4 Å². The molecule has 3 heteroatoms. The minimum Gasteiger partial charge on any atom is -0.313 e. The molecule has 2 aliphatic rings. The lowest BCUT2D eigenvalue weighted by molar-refractivity contribution is 0.892. The second-order valence-electron chi connectivity index (χ2n) is 12.2. The summed E-state index contributed by atoms with van der Waals surface area (Å²) in [5.41, 5.74) is 14.3. The van der Waals surface area contributed by atoms with E-state index in [1.165, 1.54) is 60.9 Å². The number of nitrogens with zero attached hydrogens (tertiary/aromatic N) is 3.